The van der Waals surface area contributed by atoms with Crippen molar-refractivity contribution in [1.82, 2.24) is 4.90 Å². The smallest absolute Gasteiger partial charge is 0.269 e. The molecule has 0 radical (unpaired) electrons. The molecule has 5 heteroatoms. The Hall–Kier alpha value is -0.840. The predicted octanol–water partition coefficient (Wildman–Crippen LogP) is 3.44. The zero-order valence-corrected chi connectivity index (χ0v) is 9.49. The number of piperidine rings is 1. The molecule has 1 heterocycles. The Morgan fingerprint density at radius 1 is 1.29 bits per heavy atom. The standard InChI is InChI=1S/C12H15F4N/c1-2-11(7-12(11,15)16)8-17-5-3-9(4-6-17)10(13)14/h2H,1,3-8H2. The molecule has 1 nitrogen and oxygen atoms in total. The second-order valence-corrected chi connectivity index (χ2v) is 4.88. The summed E-state index contributed by atoms with van der Waals surface area (Å²) in [6.07, 6.45) is 0.0936. The van der Waals surface area contributed by atoms with Gasteiger partial charge in [-0.05, 0) is 18.4 Å². The fourth-order valence-electron chi connectivity index (χ4n) is 2.38. The third-order valence-electron chi connectivity index (χ3n) is 3.76. The fraction of sp³-hybridized carbons (Fsp3) is 0.667. The highest BCUT2D eigenvalue weighted by Crippen LogP contribution is 2.61. The van der Waals surface area contributed by atoms with Crippen LogP contribution in [0, 0.1) is 5.41 Å². The maximum atomic E-state index is 13.2. The summed E-state index contributed by atoms with van der Waals surface area (Å²) in [4.78, 5) is 1.83. The summed E-state index contributed by atoms with van der Waals surface area (Å²) >= 11 is 0. The molecule has 0 aromatic heterocycles. The molecule has 1 unspecified atom stereocenters. The van der Waals surface area contributed by atoms with Crippen molar-refractivity contribution < 1.29 is 17.6 Å². The van der Waals surface area contributed by atoms with Gasteiger partial charge in [0, 0.05) is 26.1 Å². The summed E-state index contributed by atoms with van der Waals surface area (Å²) in [5.41, 5.74) is -0.959. The summed E-state index contributed by atoms with van der Waals surface area (Å²) in [5, 5.41) is 0. The number of halogens is 4. The van der Waals surface area contributed by atoms with E-state index in [4.69, 9.17) is 0 Å². The third kappa shape index (κ3) is 2.25. The van der Waals surface area contributed by atoms with E-state index in [1.165, 1.54) is 6.08 Å². The largest absolute Gasteiger partial charge is 0.302 e. The molecule has 1 atom stereocenters. The van der Waals surface area contributed by atoms with Crippen LogP contribution in [0.25, 0.3) is 0 Å². The van der Waals surface area contributed by atoms with E-state index in [-0.39, 0.29) is 31.4 Å². The van der Waals surface area contributed by atoms with Crippen molar-refractivity contribution in [1.29, 1.82) is 0 Å². The van der Waals surface area contributed by atoms with Gasteiger partial charge in [0.05, 0.1) is 5.41 Å². The lowest BCUT2D eigenvalue weighted by molar-refractivity contribution is 0.0623. The SMILES string of the molecule is C=CC1(CN2CCC(=C(F)F)CC2)CC1(F)F. The molecule has 2 rings (SSSR count). The number of alkyl halides is 2. The molecule has 1 saturated heterocycles. The minimum Gasteiger partial charge on any atom is -0.302 e. The predicted molar refractivity (Wildman–Crippen MR) is 57.1 cm³/mol. The minimum absolute atomic E-state index is 0.163. The van der Waals surface area contributed by atoms with Gasteiger partial charge in [0.25, 0.3) is 12.0 Å². The number of hydrogen-bond acceptors (Lipinski definition) is 1. The first kappa shape index (κ1) is 12.6. The normalized spacial score (nSPS) is 32.4. The van der Waals surface area contributed by atoms with E-state index in [2.05, 4.69) is 6.58 Å². The van der Waals surface area contributed by atoms with Gasteiger partial charge in [-0.15, -0.1) is 6.58 Å². The second-order valence-electron chi connectivity index (χ2n) is 4.88. The zero-order valence-electron chi connectivity index (χ0n) is 9.49. The first-order valence-corrected chi connectivity index (χ1v) is 5.67. The summed E-state index contributed by atoms with van der Waals surface area (Å²) < 4.78 is 51.0. The Morgan fingerprint density at radius 2 is 1.82 bits per heavy atom. The van der Waals surface area contributed by atoms with Crippen molar-refractivity contribution in [2.24, 2.45) is 5.41 Å². The quantitative estimate of drug-likeness (QED) is 0.547. The molecule has 0 aromatic rings. The van der Waals surface area contributed by atoms with Gasteiger partial charge in [0.2, 0.25) is 0 Å². The van der Waals surface area contributed by atoms with Crippen LogP contribution in [0.15, 0.2) is 24.3 Å². The molecule has 1 aliphatic carbocycles. The van der Waals surface area contributed by atoms with E-state index in [0.717, 1.165) is 0 Å². The van der Waals surface area contributed by atoms with Crippen LogP contribution < -0.4 is 0 Å². The Labute approximate surface area is 97.8 Å². The average molecular weight is 249 g/mol. The highest BCUT2D eigenvalue weighted by Gasteiger charge is 2.69. The highest BCUT2D eigenvalue weighted by molar-refractivity contribution is 5.21. The van der Waals surface area contributed by atoms with Gasteiger partial charge in [-0.2, -0.15) is 8.78 Å². The molecule has 0 bridgehead atoms. The number of nitrogens with zero attached hydrogens (tertiary/aromatic N) is 1. The molecular formula is C12H15F4N. The van der Waals surface area contributed by atoms with Gasteiger partial charge in [0.15, 0.2) is 0 Å². The lowest BCUT2D eigenvalue weighted by atomic mass is 10.0. The maximum Gasteiger partial charge on any atom is 0.269 e. The third-order valence-corrected chi connectivity index (χ3v) is 3.76. The molecule has 0 amide bonds. The Bertz CT molecular complexity index is 350. The van der Waals surface area contributed by atoms with Crippen LogP contribution in [0.5, 0.6) is 0 Å². The van der Waals surface area contributed by atoms with E-state index in [9.17, 15) is 17.6 Å². The van der Waals surface area contributed by atoms with Gasteiger partial charge in [-0.25, -0.2) is 8.78 Å². The van der Waals surface area contributed by atoms with E-state index < -0.39 is 17.4 Å². The van der Waals surface area contributed by atoms with Crippen LogP contribution in [-0.2, 0) is 0 Å². The first-order chi connectivity index (χ1) is 7.90. The Morgan fingerprint density at radius 3 is 2.18 bits per heavy atom. The molecule has 1 aliphatic heterocycles. The summed E-state index contributed by atoms with van der Waals surface area (Å²) in [5.74, 6) is -2.67. The molecule has 1 saturated carbocycles. The minimum atomic E-state index is -2.67. The van der Waals surface area contributed by atoms with Crippen LogP contribution in [0.2, 0.25) is 0 Å². The first-order valence-electron chi connectivity index (χ1n) is 5.67. The molecule has 17 heavy (non-hydrogen) atoms. The molecule has 0 aromatic carbocycles. The van der Waals surface area contributed by atoms with Crippen molar-refractivity contribution in [2.45, 2.75) is 25.2 Å². The van der Waals surface area contributed by atoms with Gasteiger partial charge in [0.1, 0.15) is 0 Å². The lowest BCUT2D eigenvalue weighted by Crippen LogP contribution is -2.37. The molecule has 2 aliphatic rings. The van der Waals surface area contributed by atoms with E-state index in [1.807, 2.05) is 4.90 Å². The topological polar surface area (TPSA) is 3.24 Å². The van der Waals surface area contributed by atoms with Gasteiger partial charge < -0.3 is 4.90 Å². The monoisotopic (exact) mass is 249 g/mol. The van der Waals surface area contributed by atoms with E-state index in [0.29, 0.717) is 13.1 Å². The van der Waals surface area contributed by atoms with E-state index in [1.54, 1.807) is 0 Å². The van der Waals surface area contributed by atoms with Crippen LogP contribution in [-0.4, -0.2) is 30.5 Å². The zero-order chi connectivity index (χ0) is 12.7. The highest BCUT2D eigenvalue weighted by atomic mass is 19.3. The van der Waals surface area contributed by atoms with Gasteiger partial charge >= 0.3 is 0 Å². The molecule has 96 valence electrons. The molecule has 0 spiro atoms. The van der Waals surface area contributed by atoms with Crippen molar-refractivity contribution in [2.75, 3.05) is 19.6 Å². The lowest BCUT2D eigenvalue weighted by Gasteiger charge is -2.30. The second kappa shape index (κ2) is 4.12. The van der Waals surface area contributed by atoms with Crippen molar-refractivity contribution in [3.63, 3.8) is 0 Å². The number of rotatable bonds is 3. The van der Waals surface area contributed by atoms with Crippen LogP contribution in [0.4, 0.5) is 17.6 Å². The Balaban J connectivity index is 1.91. The maximum absolute atomic E-state index is 13.2. The van der Waals surface area contributed by atoms with Gasteiger partial charge in [-0.3, -0.25) is 0 Å². The van der Waals surface area contributed by atoms with Crippen molar-refractivity contribution in [3.8, 4) is 0 Å². The van der Waals surface area contributed by atoms with Gasteiger partial charge in [-0.1, -0.05) is 6.08 Å². The number of likely N-dealkylation sites (tertiary alicyclic amines) is 1. The molecule has 0 N–H and O–H groups in total. The van der Waals surface area contributed by atoms with Crippen LogP contribution in [0.1, 0.15) is 19.3 Å². The number of hydrogen-bond donors (Lipinski definition) is 0. The van der Waals surface area contributed by atoms with E-state index >= 15 is 0 Å². The van der Waals surface area contributed by atoms with Crippen LogP contribution in [0.3, 0.4) is 0 Å². The van der Waals surface area contributed by atoms with Crippen molar-refractivity contribution >= 4 is 0 Å². The Kier molecular flexibility index (Phi) is 3.06. The van der Waals surface area contributed by atoms with Crippen LogP contribution >= 0.6 is 0 Å². The van der Waals surface area contributed by atoms with Crippen molar-refractivity contribution in [3.05, 3.63) is 24.3 Å². The molecular weight excluding hydrogens is 234 g/mol. The summed E-state index contributed by atoms with van der Waals surface area (Å²) in [6.45, 7) is 4.55. The fourth-order valence-corrected chi connectivity index (χ4v) is 2.38. The summed E-state index contributed by atoms with van der Waals surface area (Å²) in [7, 11) is 0. The molecule has 2 fully saturated rings. The summed E-state index contributed by atoms with van der Waals surface area (Å²) in [6, 6.07) is 0. The average Bonchev–Trinajstić information content (AvgIpc) is 2.82.